The summed E-state index contributed by atoms with van der Waals surface area (Å²) in [4.78, 5) is 50.0. The average molecular weight is 487 g/mol. The second kappa shape index (κ2) is 11.7. The molecule has 0 bridgehead atoms. The molecule has 0 saturated carbocycles. The molecule has 0 aliphatic carbocycles. The molecule has 1 aliphatic rings. The quantitative estimate of drug-likeness (QED) is 0.423. The molecule has 0 atom stereocenters. The molecular weight excluding hydrogens is 460 g/mol. The molecule has 3 aromatic carbocycles. The highest BCUT2D eigenvalue weighted by Gasteiger charge is 2.21. The molecule has 184 valence electrons. The second-order valence-electron chi connectivity index (χ2n) is 8.13. The van der Waals surface area contributed by atoms with Gasteiger partial charge in [-0.25, -0.2) is 0 Å². The minimum absolute atomic E-state index is 0.0664. The van der Waals surface area contributed by atoms with Crippen molar-refractivity contribution in [3.05, 3.63) is 84.4 Å². The van der Waals surface area contributed by atoms with Crippen LogP contribution in [0.4, 0.5) is 5.69 Å². The number of amides is 4. The first-order valence-corrected chi connectivity index (χ1v) is 11.5. The first kappa shape index (κ1) is 24.5. The molecule has 0 unspecified atom stereocenters. The van der Waals surface area contributed by atoms with Crippen molar-refractivity contribution < 1.29 is 23.9 Å². The second-order valence-corrected chi connectivity index (χ2v) is 8.13. The van der Waals surface area contributed by atoms with E-state index in [1.54, 1.807) is 35.2 Å². The van der Waals surface area contributed by atoms with Crippen LogP contribution in [0.1, 0.15) is 23.2 Å². The van der Waals surface area contributed by atoms with Crippen LogP contribution >= 0.6 is 0 Å². The molecule has 0 radical (unpaired) electrons. The molecule has 0 spiro atoms. The van der Waals surface area contributed by atoms with Crippen LogP contribution in [0.15, 0.2) is 78.9 Å². The molecule has 1 aliphatic heterocycles. The Kier molecular flexibility index (Phi) is 7.92. The van der Waals surface area contributed by atoms with Crippen molar-refractivity contribution in [1.82, 2.24) is 16.2 Å². The molecule has 4 rings (SSSR count). The monoisotopic (exact) mass is 486 g/mol. The lowest BCUT2D eigenvalue weighted by atomic mass is 10.1. The highest BCUT2D eigenvalue weighted by molar-refractivity contribution is 5.98. The van der Waals surface area contributed by atoms with Gasteiger partial charge >= 0.3 is 0 Å². The Labute approximate surface area is 208 Å². The van der Waals surface area contributed by atoms with E-state index in [1.165, 1.54) is 0 Å². The Hall–Kier alpha value is -4.66. The van der Waals surface area contributed by atoms with Gasteiger partial charge < -0.3 is 15.0 Å². The third-order valence-corrected chi connectivity index (χ3v) is 5.60. The van der Waals surface area contributed by atoms with Gasteiger partial charge in [0.25, 0.3) is 17.7 Å². The minimum Gasteiger partial charge on any atom is -0.483 e. The largest absolute Gasteiger partial charge is 0.483 e. The third-order valence-electron chi connectivity index (χ3n) is 5.60. The predicted molar refractivity (Wildman–Crippen MR) is 134 cm³/mol. The molecule has 3 aromatic rings. The van der Waals surface area contributed by atoms with Gasteiger partial charge in [0, 0.05) is 29.8 Å². The van der Waals surface area contributed by atoms with E-state index >= 15 is 0 Å². The van der Waals surface area contributed by atoms with E-state index in [0.29, 0.717) is 24.3 Å². The highest BCUT2D eigenvalue weighted by Crippen LogP contribution is 2.29. The van der Waals surface area contributed by atoms with Crippen LogP contribution in [-0.4, -0.2) is 43.3 Å². The van der Waals surface area contributed by atoms with Crippen LogP contribution in [0.2, 0.25) is 0 Å². The Morgan fingerprint density at radius 2 is 1.53 bits per heavy atom. The summed E-state index contributed by atoms with van der Waals surface area (Å²) in [5.41, 5.74) is 7.41. The maximum Gasteiger partial charge on any atom is 0.276 e. The topological polar surface area (TPSA) is 117 Å². The highest BCUT2D eigenvalue weighted by atomic mass is 16.5. The van der Waals surface area contributed by atoms with E-state index < -0.39 is 17.7 Å². The van der Waals surface area contributed by atoms with E-state index in [4.69, 9.17) is 4.74 Å². The number of hydrogen-bond donors (Lipinski definition) is 3. The van der Waals surface area contributed by atoms with E-state index in [9.17, 15) is 19.2 Å². The summed E-state index contributed by atoms with van der Waals surface area (Å²) >= 11 is 0. The maximum atomic E-state index is 12.3. The minimum atomic E-state index is -0.597. The summed E-state index contributed by atoms with van der Waals surface area (Å²) in [6.07, 6.45) is 1.35. The lowest BCUT2D eigenvalue weighted by molar-refractivity contribution is -0.129. The van der Waals surface area contributed by atoms with Crippen LogP contribution in [0.3, 0.4) is 0 Å². The fourth-order valence-electron chi connectivity index (χ4n) is 3.79. The number of nitrogens with zero attached hydrogens (tertiary/aromatic N) is 1. The summed E-state index contributed by atoms with van der Waals surface area (Å²) in [6, 6.07) is 23.6. The van der Waals surface area contributed by atoms with Gasteiger partial charge in [-0.05, 0) is 42.3 Å². The van der Waals surface area contributed by atoms with Crippen molar-refractivity contribution in [2.24, 2.45) is 0 Å². The number of ether oxygens (including phenoxy) is 1. The number of carbonyl (C=O) groups is 4. The van der Waals surface area contributed by atoms with Gasteiger partial charge in [0.1, 0.15) is 5.75 Å². The molecule has 1 heterocycles. The van der Waals surface area contributed by atoms with Crippen LogP contribution in [0.25, 0.3) is 11.1 Å². The lowest BCUT2D eigenvalue weighted by Gasteiger charge is -2.15. The SMILES string of the molecule is O=C(CNC(=O)c1ccc(N2CCCC2=O)cc1)NNC(=O)COc1ccccc1-c1ccccc1. The number of benzene rings is 3. The molecule has 1 saturated heterocycles. The summed E-state index contributed by atoms with van der Waals surface area (Å²) in [5.74, 6) is -0.990. The predicted octanol–water partition coefficient (Wildman–Crippen LogP) is 2.44. The van der Waals surface area contributed by atoms with E-state index in [1.807, 2.05) is 48.5 Å². The van der Waals surface area contributed by atoms with Gasteiger partial charge in [0.15, 0.2) is 6.61 Å². The molecule has 0 aromatic heterocycles. The summed E-state index contributed by atoms with van der Waals surface area (Å²) in [7, 11) is 0. The Morgan fingerprint density at radius 3 is 2.25 bits per heavy atom. The van der Waals surface area contributed by atoms with Crippen LogP contribution in [0.5, 0.6) is 5.75 Å². The number of hydrazine groups is 1. The molecule has 9 heteroatoms. The lowest BCUT2D eigenvalue weighted by Crippen LogP contribution is -2.47. The molecule has 36 heavy (non-hydrogen) atoms. The normalized spacial score (nSPS) is 12.7. The van der Waals surface area contributed by atoms with Crippen LogP contribution in [0, 0.1) is 0 Å². The van der Waals surface area contributed by atoms with Gasteiger partial charge in [0.2, 0.25) is 5.91 Å². The first-order valence-electron chi connectivity index (χ1n) is 11.5. The van der Waals surface area contributed by atoms with Crippen molar-refractivity contribution in [2.75, 3.05) is 24.6 Å². The summed E-state index contributed by atoms with van der Waals surface area (Å²) in [5, 5.41) is 2.49. The summed E-state index contributed by atoms with van der Waals surface area (Å²) < 4.78 is 5.64. The van der Waals surface area contributed by atoms with E-state index in [-0.39, 0.29) is 19.1 Å². The van der Waals surface area contributed by atoms with Crippen molar-refractivity contribution in [1.29, 1.82) is 0 Å². The van der Waals surface area contributed by atoms with Gasteiger partial charge in [-0.15, -0.1) is 0 Å². The number of rotatable bonds is 8. The Bertz CT molecular complexity index is 1240. The van der Waals surface area contributed by atoms with Crippen molar-refractivity contribution in [3.8, 4) is 16.9 Å². The molecule has 9 nitrogen and oxygen atoms in total. The first-order chi connectivity index (χ1) is 17.5. The number of para-hydroxylation sites is 1. The Balaban J connectivity index is 1.19. The zero-order valence-corrected chi connectivity index (χ0v) is 19.5. The van der Waals surface area contributed by atoms with Crippen LogP contribution in [-0.2, 0) is 14.4 Å². The molecule has 4 amide bonds. The fourth-order valence-corrected chi connectivity index (χ4v) is 3.79. The van der Waals surface area contributed by atoms with Gasteiger partial charge in [0.05, 0.1) is 6.54 Å². The van der Waals surface area contributed by atoms with Crippen molar-refractivity contribution in [2.45, 2.75) is 12.8 Å². The van der Waals surface area contributed by atoms with E-state index in [0.717, 1.165) is 23.2 Å². The van der Waals surface area contributed by atoms with Gasteiger partial charge in [-0.2, -0.15) is 0 Å². The maximum absolute atomic E-state index is 12.3. The molecule has 3 N–H and O–H groups in total. The number of hydrogen-bond acceptors (Lipinski definition) is 5. The average Bonchev–Trinajstić information content (AvgIpc) is 3.35. The molecule has 1 fully saturated rings. The van der Waals surface area contributed by atoms with Gasteiger partial charge in [-0.1, -0.05) is 48.5 Å². The number of nitrogens with one attached hydrogen (secondary N) is 3. The summed E-state index contributed by atoms with van der Waals surface area (Å²) in [6.45, 7) is 0.0341. The third kappa shape index (κ3) is 6.26. The smallest absolute Gasteiger partial charge is 0.276 e. The van der Waals surface area contributed by atoms with Crippen molar-refractivity contribution in [3.63, 3.8) is 0 Å². The number of carbonyl (C=O) groups excluding carboxylic acids is 4. The number of anilines is 1. The van der Waals surface area contributed by atoms with Crippen molar-refractivity contribution >= 4 is 29.3 Å². The Morgan fingerprint density at radius 1 is 0.833 bits per heavy atom. The molecular formula is C27H26N4O5. The zero-order valence-electron chi connectivity index (χ0n) is 19.5. The zero-order chi connectivity index (χ0) is 25.3. The van der Waals surface area contributed by atoms with Crippen LogP contribution < -0.4 is 25.8 Å². The van der Waals surface area contributed by atoms with Gasteiger partial charge in [-0.3, -0.25) is 30.0 Å². The standard InChI is InChI=1S/C27H26N4O5/c32-24(17-28-27(35)20-12-14-21(15-13-20)31-16-6-11-26(31)34)29-30-25(33)18-36-23-10-5-4-9-22(23)19-7-2-1-3-8-19/h1-5,7-10,12-15H,6,11,16-18H2,(H,28,35)(H,29,32)(H,30,33). The fraction of sp³-hybridized carbons (Fsp3) is 0.185. The van der Waals surface area contributed by atoms with E-state index in [2.05, 4.69) is 16.2 Å².